The minimum absolute atomic E-state index is 0.0263. The highest BCUT2D eigenvalue weighted by atomic mass is 16.1. The Labute approximate surface area is 102 Å². The molecular formula is C15H17NO. The molecule has 0 fully saturated rings. The molecule has 0 amide bonds. The fraction of sp³-hybridized carbons (Fsp3) is 0.267. The van der Waals surface area contributed by atoms with Crippen LogP contribution < -0.4 is 5.56 Å². The van der Waals surface area contributed by atoms with Gasteiger partial charge in [-0.2, -0.15) is 0 Å². The molecule has 1 aromatic heterocycles. The number of aryl methyl sites for hydroxylation is 3. The lowest BCUT2D eigenvalue weighted by atomic mass is 9.97. The number of pyridine rings is 1. The van der Waals surface area contributed by atoms with Gasteiger partial charge in [0.25, 0.3) is 5.56 Å². The van der Waals surface area contributed by atoms with Crippen molar-refractivity contribution in [2.45, 2.75) is 20.8 Å². The Kier molecular flexibility index (Phi) is 2.88. The molecule has 0 saturated heterocycles. The molecule has 2 aromatic rings. The van der Waals surface area contributed by atoms with Crippen molar-refractivity contribution in [3.63, 3.8) is 0 Å². The maximum atomic E-state index is 11.6. The van der Waals surface area contributed by atoms with Gasteiger partial charge in [0.1, 0.15) is 0 Å². The van der Waals surface area contributed by atoms with Crippen LogP contribution in [0.5, 0.6) is 0 Å². The third-order valence-corrected chi connectivity index (χ3v) is 3.36. The quantitative estimate of drug-likeness (QED) is 0.734. The second-order valence-electron chi connectivity index (χ2n) is 4.60. The van der Waals surface area contributed by atoms with E-state index in [1.807, 2.05) is 12.3 Å². The van der Waals surface area contributed by atoms with Crippen LogP contribution >= 0.6 is 0 Å². The third kappa shape index (κ3) is 2.16. The van der Waals surface area contributed by atoms with E-state index < -0.39 is 0 Å². The van der Waals surface area contributed by atoms with Crippen molar-refractivity contribution in [2.75, 3.05) is 0 Å². The van der Waals surface area contributed by atoms with E-state index in [1.165, 1.54) is 16.7 Å². The Hall–Kier alpha value is -1.83. The van der Waals surface area contributed by atoms with Gasteiger partial charge in [0.05, 0.1) is 0 Å². The van der Waals surface area contributed by atoms with Crippen molar-refractivity contribution in [1.29, 1.82) is 0 Å². The average molecular weight is 227 g/mol. The van der Waals surface area contributed by atoms with Crippen LogP contribution in [0.3, 0.4) is 0 Å². The van der Waals surface area contributed by atoms with Crippen LogP contribution in [0.4, 0.5) is 0 Å². The monoisotopic (exact) mass is 227 g/mol. The zero-order chi connectivity index (χ0) is 12.6. The van der Waals surface area contributed by atoms with Crippen molar-refractivity contribution >= 4 is 0 Å². The van der Waals surface area contributed by atoms with Crippen LogP contribution in [0.2, 0.25) is 0 Å². The first-order valence-corrected chi connectivity index (χ1v) is 5.74. The van der Waals surface area contributed by atoms with Crippen LogP contribution in [0.25, 0.3) is 11.1 Å². The summed E-state index contributed by atoms with van der Waals surface area (Å²) in [5, 5.41) is 0. The Morgan fingerprint density at radius 2 is 1.53 bits per heavy atom. The summed E-state index contributed by atoms with van der Waals surface area (Å²) >= 11 is 0. The highest BCUT2D eigenvalue weighted by molar-refractivity contribution is 5.65. The fourth-order valence-corrected chi connectivity index (χ4v) is 1.93. The highest BCUT2D eigenvalue weighted by Gasteiger charge is 2.04. The van der Waals surface area contributed by atoms with E-state index >= 15 is 0 Å². The highest BCUT2D eigenvalue weighted by Crippen LogP contribution is 2.23. The fourth-order valence-electron chi connectivity index (χ4n) is 1.93. The predicted octanol–water partition coefficient (Wildman–Crippen LogP) is 2.98. The molecule has 0 aliphatic carbocycles. The largest absolute Gasteiger partial charge is 0.319 e. The second kappa shape index (κ2) is 4.21. The molecule has 2 nitrogen and oxygen atoms in total. The van der Waals surface area contributed by atoms with E-state index in [2.05, 4.69) is 32.9 Å². The molecule has 0 N–H and O–H groups in total. The molecule has 0 aliphatic heterocycles. The van der Waals surface area contributed by atoms with E-state index in [4.69, 9.17) is 0 Å². The Balaban J connectivity index is 2.61. The molecule has 2 heteroatoms. The van der Waals surface area contributed by atoms with E-state index in [9.17, 15) is 4.79 Å². The third-order valence-electron chi connectivity index (χ3n) is 3.36. The van der Waals surface area contributed by atoms with E-state index in [0.717, 1.165) is 11.1 Å². The van der Waals surface area contributed by atoms with Crippen LogP contribution in [0, 0.1) is 20.8 Å². The summed E-state index contributed by atoms with van der Waals surface area (Å²) < 4.78 is 1.58. The zero-order valence-electron chi connectivity index (χ0n) is 10.7. The summed E-state index contributed by atoms with van der Waals surface area (Å²) in [6.07, 6.45) is 1.81. The number of rotatable bonds is 1. The van der Waals surface area contributed by atoms with Crippen molar-refractivity contribution in [3.05, 3.63) is 57.5 Å². The summed E-state index contributed by atoms with van der Waals surface area (Å²) in [5.74, 6) is 0. The number of nitrogens with zero attached hydrogens (tertiary/aromatic N) is 1. The summed E-state index contributed by atoms with van der Waals surface area (Å²) in [6.45, 7) is 6.33. The first kappa shape index (κ1) is 11.6. The predicted molar refractivity (Wildman–Crippen MR) is 71.3 cm³/mol. The Morgan fingerprint density at radius 1 is 0.941 bits per heavy atom. The molecule has 17 heavy (non-hydrogen) atoms. The van der Waals surface area contributed by atoms with Crippen molar-refractivity contribution in [3.8, 4) is 11.1 Å². The first-order valence-electron chi connectivity index (χ1n) is 5.74. The summed E-state index contributed by atoms with van der Waals surface area (Å²) in [5.41, 5.74) is 5.97. The Bertz CT molecular complexity index is 600. The zero-order valence-corrected chi connectivity index (χ0v) is 10.7. The number of hydrogen-bond acceptors (Lipinski definition) is 1. The smallest absolute Gasteiger partial charge is 0.250 e. The van der Waals surface area contributed by atoms with Crippen molar-refractivity contribution in [2.24, 2.45) is 7.05 Å². The molecule has 0 radical (unpaired) electrons. The lowest BCUT2D eigenvalue weighted by Gasteiger charge is -2.09. The number of hydrogen-bond donors (Lipinski definition) is 0. The second-order valence-corrected chi connectivity index (χ2v) is 4.60. The topological polar surface area (TPSA) is 22.0 Å². The van der Waals surface area contributed by atoms with Crippen molar-refractivity contribution in [1.82, 2.24) is 4.57 Å². The molecule has 1 heterocycles. The lowest BCUT2D eigenvalue weighted by molar-refractivity contribution is 0.861. The van der Waals surface area contributed by atoms with Gasteiger partial charge in [-0.25, -0.2) is 0 Å². The van der Waals surface area contributed by atoms with Gasteiger partial charge in [0, 0.05) is 19.3 Å². The first-order chi connectivity index (χ1) is 7.99. The SMILES string of the molecule is Cc1cc(-c2ccn(C)c(=O)c2)cc(C)c1C. The standard InChI is InChI=1S/C15H17NO/c1-10-7-14(8-11(2)12(10)3)13-5-6-16(4)15(17)9-13/h5-9H,1-4H3. The summed E-state index contributed by atoms with van der Waals surface area (Å²) in [7, 11) is 1.76. The maximum Gasteiger partial charge on any atom is 0.250 e. The molecule has 0 spiro atoms. The van der Waals surface area contributed by atoms with Gasteiger partial charge >= 0.3 is 0 Å². The van der Waals surface area contributed by atoms with E-state index in [0.29, 0.717) is 0 Å². The van der Waals surface area contributed by atoms with E-state index in [1.54, 1.807) is 17.7 Å². The molecular weight excluding hydrogens is 210 g/mol. The molecule has 0 unspecified atom stereocenters. The van der Waals surface area contributed by atoms with Crippen LogP contribution in [0.1, 0.15) is 16.7 Å². The van der Waals surface area contributed by atoms with Gasteiger partial charge in [-0.3, -0.25) is 4.79 Å². The molecule has 0 saturated carbocycles. The van der Waals surface area contributed by atoms with Crippen molar-refractivity contribution < 1.29 is 0 Å². The number of aromatic nitrogens is 1. The minimum atomic E-state index is 0.0263. The summed E-state index contributed by atoms with van der Waals surface area (Å²) in [6, 6.07) is 7.93. The van der Waals surface area contributed by atoms with Crippen LogP contribution in [-0.4, -0.2) is 4.57 Å². The van der Waals surface area contributed by atoms with Crippen LogP contribution in [-0.2, 0) is 7.05 Å². The Morgan fingerprint density at radius 3 is 2.06 bits per heavy atom. The van der Waals surface area contributed by atoms with Crippen LogP contribution in [0.15, 0.2) is 35.3 Å². The summed E-state index contributed by atoms with van der Waals surface area (Å²) in [4.78, 5) is 11.6. The maximum absolute atomic E-state index is 11.6. The normalized spacial score (nSPS) is 10.6. The average Bonchev–Trinajstić information content (AvgIpc) is 2.29. The minimum Gasteiger partial charge on any atom is -0.319 e. The van der Waals surface area contributed by atoms with Gasteiger partial charge in [0.2, 0.25) is 0 Å². The molecule has 88 valence electrons. The molecule has 0 atom stereocenters. The van der Waals surface area contributed by atoms with Gasteiger partial charge in [-0.15, -0.1) is 0 Å². The van der Waals surface area contributed by atoms with Gasteiger partial charge in [-0.05, 0) is 54.7 Å². The van der Waals surface area contributed by atoms with Gasteiger partial charge in [-0.1, -0.05) is 12.1 Å². The van der Waals surface area contributed by atoms with Gasteiger partial charge < -0.3 is 4.57 Å². The van der Waals surface area contributed by atoms with E-state index in [-0.39, 0.29) is 5.56 Å². The molecule has 0 bridgehead atoms. The lowest BCUT2D eigenvalue weighted by Crippen LogP contribution is -2.14. The molecule has 1 aromatic carbocycles. The molecule has 0 aliphatic rings. The number of benzene rings is 1. The molecule has 2 rings (SSSR count). The van der Waals surface area contributed by atoms with Gasteiger partial charge in [0.15, 0.2) is 0 Å².